The Kier molecular flexibility index (Phi) is 5.22. The predicted molar refractivity (Wildman–Crippen MR) is 114 cm³/mol. The van der Waals surface area contributed by atoms with Crippen LogP contribution in [0, 0.1) is 18.3 Å². The number of nitrogens with zero attached hydrogens (tertiary/aromatic N) is 5. The van der Waals surface area contributed by atoms with E-state index in [1.807, 2.05) is 66.9 Å². The molecule has 0 aliphatic rings. The first-order chi connectivity index (χ1) is 14.1. The highest BCUT2D eigenvalue weighted by atomic mass is 79.9. The van der Waals surface area contributed by atoms with Gasteiger partial charge in [-0.05, 0) is 24.3 Å². The molecule has 2 heterocycles. The van der Waals surface area contributed by atoms with Crippen LogP contribution in [0.3, 0.4) is 0 Å². The molecule has 0 saturated heterocycles. The number of benzene rings is 2. The van der Waals surface area contributed by atoms with Crippen molar-refractivity contribution in [1.82, 2.24) is 14.8 Å². The molecule has 4 aromatic rings. The summed E-state index contributed by atoms with van der Waals surface area (Å²) < 4.78 is 8.16. The number of hydrazone groups is 1. The maximum atomic E-state index is 9.11. The third-order valence-corrected chi connectivity index (χ3v) is 4.62. The maximum absolute atomic E-state index is 9.11. The molecule has 0 radical (unpaired) electrons. The summed E-state index contributed by atoms with van der Waals surface area (Å²) >= 11 is 3.46. The van der Waals surface area contributed by atoms with Crippen molar-refractivity contribution in [3.63, 3.8) is 0 Å². The average molecular weight is 447 g/mol. The Hall–Kier alpha value is -3.70. The minimum absolute atomic E-state index is 0.160. The SMILES string of the molecule is Cc1nc(C#N)c(N/N=C/c2cn(-c3ccccc3)nc2-c2ccc(Br)cc2)o1. The number of hydrogen-bond donors (Lipinski definition) is 1. The van der Waals surface area contributed by atoms with Crippen LogP contribution >= 0.6 is 15.9 Å². The fraction of sp³-hybridized carbons (Fsp3) is 0.0476. The summed E-state index contributed by atoms with van der Waals surface area (Å²) in [5.41, 5.74) is 6.38. The quantitative estimate of drug-likeness (QED) is 0.347. The van der Waals surface area contributed by atoms with Crippen LogP contribution in [0.5, 0.6) is 0 Å². The van der Waals surface area contributed by atoms with E-state index in [4.69, 9.17) is 14.8 Å². The van der Waals surface area contributed by atoms with Gasteiger partial charge >= 0.3 is 0 Å². The second-order valence-corrected chi connectivity index (χ2v) is 7.03. The molecule has 1 N–H and O–H groups in total. The summed E-state index contributed by atoms with van der Waals surface area (Å²) in [6.45, 7) is 1.67. The second kappa shape index (κ2) is 8.12. The molecule has 7 nitrogen and oxygen atoms in total. The largest absolute Gasteiger partial charge is 0.422 e. The Labute approximate surface area is 175 Å². The number of oxazole rings is 1. The number of nitrogens with one attached hydrogen (secondary N) is 1. The number of aryl methyl sites for hydroxylation is 1. The van der Waals surface area contributed by atoms with Gasteiger partial charge in [0.2, 0.25) is 5.69 Å². The molecule has 0 spiro atoms. The molecule has 29 heavy (non-hydrogen) atoms. The lowest BCUT2D eigenvalue weighted by Crippen LogP contribution is -1.93. The normalized spacial score (nSPS) is 10.9. The van der Waals surface area contributed by atoms with E-state index in [9.17, 15) is 0 Å². The lowest BCUT2D eigenvalue weighted by atomic mass is 10.1. The van der Waals surface area contributed by atoms with Crippen LogP contribution in [0.1, 0.15) is 17.1 Å². The molecule has 142 valence electrons. The van der Waals surface area contributed by atoms with Crippen molar-refractivity contribution in [3.8, 4) is 23.0 Å². The first-order valence-electron chi connectivity index (χ1n) is 8.71. The lowest BCUT2D eigenvalue weighted by molar-refractivity contribution is 0.533. The topological polar surface area (TPSA) is 92.0 Å². The van der Waals surface area contributed by atoms with Gasteiger partial charge in [-0.2, -0.15) is 15.5 Å². The fourth-order valence-corrected chi connectivity index (χ4v) is 3.03. The summed E-state index contributed by atoms with van der Waals surface area (Å²) in [5.74, 6) is 0.605. The van der Waals surface area contributed by atoms with Crippen molar-refractivity contribution in [2.75, 3.05) is 5.43 Å². The van der Waals surface area contributed by atoms with Gasteiger partial charge in [0.05, 0.1) is 11.9 Å². The van der Waals surface area contributed by atoms with Crippen LogP contribution < -0.4 is 5.43 Å². The van der Waals surface area contributed by atoms with E-state index in [2.05, 4.69) is 31.4 Å². The molecule has 0 aliphatic carbocycles. The van der Waals surface area contributed by atoms with Crippen molar-refractivity contribution < 1.29 is 4.42 Å². The minimum Gasteiger partial charge on any atom is -0.422 e. The molecule has 0 aliphatic heterocycles. The van der Waals surface area contributed by atoms with Gasteiger partial charge in [0, 0.05) is 28.7 Å². The third-order valence-electron chi connectivity index (χ3n) is 4.09. The Morgan fingerprint density at radius 2 is 1.93 bits per heavy atom. The first kappa shape index (κ1) is 18.7. The third kappa shape index (κ3) is 4.10. The van der Waals surface area contributed by atoms with Gasteiger partial charge in [0.25, 0.3) is 5.88 Å². The van der Waals surface area contributed by atoms with Gasteiger partial charge < -0.3 is 4.42 Å². The van der Waals surface area contributed by atoms with Crippen LogP contribution in [-0.2, 0) is 0 Å². The molecular weight excluding hydrogens is 432 g/mol. The predicted octanol–water partition coefficient (Wildman–Crippen LogP) is 4.92. The lowest BCUT2D eigenvalue weighted by Gasteiger charge is -2.00. The summed E-state index contributed by atoms with van der Waals surface area (Å²) in [5, 5.41) is 18.1. The first-order valence-corrected chi connectivity index (χ1v) is 9.51. The van der Waals surface area contributed by atoms with Crippen LogP contribution in [0.25, 0.3) is 16.9 Å². The molecule has 0 unspecified atom stereocenters. The molecule has 2 aromatic heterocycles. The maximum Gasteiger partial charge on any atom is 0.252 e. The summed E-state index contributed by atoms with van der Waals surface area (Å²) in [4.78, 5) is 3.99. The van der Waals surface area contributed by atoms with Crippen molar-refractivity contribution in [3.05, 3.63) is 82.4 Å². The number of hydrogen-bond acceptors (Lipinski definition) is 6. The number of halogens is 1. The van der Waals surface area contributed by atoms with E-state index in [0.717, 1.165) is 27.0 Å². The van der Waals surface area contributed by atoms with E-state index in [1.165, 1.54) is 0 Å². The standard InChI is InChI=1S/C21H15BrN6O/c1-14-25-19(11-23)21(29-14)26-24-12-16-13-28(18-5-3-2-4-6-18)27-20(16)15-7-9-17(22)10-8-15/h2-10,12-13,26H,1H3/b24-12+. The second-order valence-electron chi connectivity index (χ2n) is 6.11. The van der Waals surface area contributed by atoms with Crippen molar-refractivity contribution >= 4 is 28.0 Å². The van der Waals surface area contributed by atoms with Gasteiger partial charge in [-0.3, -0.25) is 0 Å². The van der Waals surface area contributed by atoms with Crippen molar-refractivity contribution in [1.29, 1.82) is 5.26 Å². The number of aromatic nitrogens is 3. The van der Waals surface area contributed by atoms with Crippen LogP contribution in [0.2, 0.25) is 0 Å². The summed E-state index contributed by atoms with van der Waals surface area (Å²) in [7, 11) is 0. The number of rotatable bonds is 5. The zero-order chi connectivity index (χ0) is 20.2. The van der Waals surface area contributed by atoms with Crippen LogP contribution in [0.15, 0.2) is 74.8 Å². The zero-order valence-corrected chi connectivity index (χ0v) is 17.0. The Balaban J connectivity index is 1.70. The monoisotopic (exact) mass is 446 g/mol. The number of nitriles is 1. The molecule has 4 rings (SSSR count). The highest BCUT2D eigenvalue weighted by molar-refractivity contribution is 9.10. The Morgan fingerprint density at radius 3 is 2.66 bits per heavy atom. The zero-order valence-electron chi connectivity index (χ0n) is 15.4. The highest BCUT2D eigenvalue weighted by Gasteiger charge is 2.12. The van der Waals surface area contributed by atoms with E-state index < -0.39 is 0 Å². The smallest absolute Gasteiger partial charge is 0.252 e. The Bertz CT molecular complexity index is 1200. The molecular formula is C21H15BrN6O. The van der Waals surface area contributed by atoms with Gasteiger partial charge in [0.1, 0.15) is 11.8 Å². The molecule has 0 bridgehead atoms. The highest BCUT2D eigenvalue weighted by Crippen LogP contribution is 2.24. The molecule has 0 saturated carbocycles. The number of para-hydroxylation sites is 1. The molecule has 0 fully saturated rings. The van der Waals surface area contributed by atoms with E-state index in [-0.39, 0.29) is 11.6 Å². The van der Waals surface area contributed by atoms with Crippen molar-refractivity contribution in [2.24, 2.45) is 5.10 Å². The average Bonchev–Trinajstić information content (AvgIpc) is 3.32. The van der Waals surface area contributed by atoms with E-state index in [1.54, 1.807) is 17.8 Å². The number of anilines is 1. The fourth-order valence-electron chi connectivity index (χ4n) is 2.77. The van der Waals surface area contributed by atoms with Gasteiger partial charge in [-0.25, -0.2) is 15.1 Å². The minimum atomic E-state index is 0.160. The van der Waals surface area contributed by atoms with Gasteiger partial charge in [0.15, 0.2) is 5.89 Å². The van der Waals surface area contributed by atoms with Crippen molar-refractivity contribution in [2.45, 2.75) is 6.92 Å². The molecule has 0 amide bonds. The van der Waals surface area contributed by atoms with E-state index in [0.29, 0.717) is 5.89 Å². The summed E-state index contributed by atoms with van der Waals surface area (Å²) in [6, 6.07) is 19.7. The Morgan fingerprint density at radius 1 is 1.17 bits per heavy atom. The molecule has 8 heteroatoms. The molecule has 2 aromatic carbocycles. The van der Waals surface area contributed by atoms with E-state index >= 15 is 0 Å². The van der Waals surface area contributed by atoms with Gasteiger partial charge in [-0.15, -0.1) is 0 Å². The van der Waals surface area contributed by atoms with Gasteiger partial charge in [-0.1, -0.05) is 46.3 Å². The van der Waals surface area contributed by atoms with Crippen LogP contribution in [0.4, 0.5) is 5.88 Å². The van der Waals surface area contributed by atoms with Crippen LogP contribution in [-0.4, -0.2) is 21.0 Å². The molecule has 0 atom stereocenters. The summed E-state index contributed by atoms with van der Waals surface area (Å²) in [6.07, 6.45) is 3.54.